The van der Waals surface area contributed by atoms with Gasteiger partial charge in [0.1, 0.15) is 12.1 Å². The van der Waals surface area contributed by atoms with Crippen molar-refractivity contribution < 1.29 is 19.6 Å². The number of carbonyl (C=O) groups excluding carboxylic acids is 2. The highest BCUT2D eigenvalue weighted by Gasteiger charge is 2.31. The zero-order chi connectivity index (χ0) is 18.8. The molecule has 1 aromatic carbocycles. The molecule has 138 valence electrons. The molecule has 2 atom stereocenters. The average molecular weight is 355 g/mol. The Balaban J connectivity index is 1.81. The van der Waals surface area contributed by atoms with Crippen LogP contribution < -0.4 is 5.32 Å². The number of aromatic nitrogens is 1. The standard InChI is InChI=1S/C21H26N2O3/c1-12-18(21(25)26-4)13(2)23-19(12)20(24)14(3)22-17-11-7-9-15-8-5-6-10-16(15)17/h5-6,8,10,14,17,22-23H,7,9,11H2,1-4H3/p+1/t14-,17-/m0/s1. The van der Waals surface area contributed by atoms with Crippen molar-refractivity contribution in [2.75, 3.05) is 7.11 Å². The van der Waals surface area contributed by atoms with Gasteiger partial charge in [0, 0.05) is 17.7 Å². The first kappa shape index (κ1) is 18.4. The van der Waals surface area contributed by atoms with Crippen LogP contribution in [0.25, 0.3) is 0 Å². The third-order valence-electron chi connectivity index (χ3n) is 5.42. The molecular weight excluding hydrogens is 328 g/mol. The van der Waals surface area contributed by atoms with Gasteiger partial charge in [0.25, 0.3) is 0 Å². The molecule has 0 saturated carbocycles. The van der Waals surface area contributed by atoms with Crippen molar-refractivity contribution in [3.05, 3.63) is 57.9 Å². The monoisotopic (exact) mass is 355 g/mol. The number of H-pyrrole nitrogens is 1. The highest BCUT2D eigenvalue weighted by atomic mass is 16.5. The van der Waals surface area contributed by atoms with E-state index in [-0.39, 0.29) is 11.8 Å². The van der Waals surface area contributed by atoms with Crippen LogP contribution in [-0.4, -0.2) is 29.9 Å². The predicted molar refractivity (Wildman–Crippen MR) is 99.4 cm³/mol. The molecule has 0 bridgehead atoms. The van der Waals surface area contributed by atoms with Crippen LogP contribution in [0.4, 0.5) is 0 Å². The number of methoxy groups -OCH3 is 1. The summed E-state index contributed by atoms with van der Waals surface area (Å²) in [6.45, 7) is 5.53. The molecule has 1 aliphatic carbocycles. The van der Waals surface area contributed by atoms with Gasteiger partial charge in [0.15, 0.2) is 0 Å². The summed E-state index contributed by atoms with van der Waals surface area (Å²) in [6.07, 6.45) is 3.33. The lowest BCUT2D eigenvalue weighted by Gasteiger charge is -2.25. The van der Waals surface area contributed by atoms with Gasteiger partial charge in [-0.2, -0.15) is 0 Å². The normalized spacial score (nSPS) is 17.5. The summed E-state index contributed by atoms with van der Waals surface area (Å²) in [5, 5.41) is 2.16. The molecule has 0 aliphatic heterocycles. The van der Waals surface area contributed by atoms with E-state index in [1.807, 2.05) is 6.92 Å². The molecule has 3 rings (SSSR count). The van der Waals surface area contributed by atoms with Crippen LogP contribution in [0.15, 0.2) is 24.3 Å². The number of carbonyl (C=O) groups is 2. The highest BCUT2D eigenvalue weighted by Crippen LogP contribution is 2.27. The smallest absolute Gasteiger partial charge is 0.339 e. The van der Waals surface area contributed by atoms with Crippen molar-refractivity contribution in [3.63, 3.8) is 0 Å². The predicted octanol–water partition coefficient (Wildman–Crippen LogP) is 2.63. The fourth-order valence-corrected chi connectivity index (χ4v) is 4.06. The number of benzene rings is 1. The van der Waals surface area contributed by atoms with Crippen LogP contribution in [-0.2, 0) is 11.2 Å². The summed E-state index contributed by atoms with van der Waals surface area (Å²) in [5.74, 6) is -0.392. The SMILES string of the molecule is COC(=O)c1c(C)[nH]c(C(=O)[C@H](C)[NH2+][C@H]2CCCc3ccccc32)c1C. The van der Waals surface area contributed by atoms with Crippen molar-refractivity contribution in [2.45, 2.75) is 52.1 Å². The molecular formula is C21H27N2O3+. The van der Waals surface area contributed by atoms with Crippen molar-refractivity contribution in [2.24, 2.45) is 0 Å². The Kier molecular flexibility index (Phi) is 5.28. The molecule has 26 heavy (non-hydrogen) atoms. The minimum absolute atomic E-state index is 0.0174. The first-order valence-corrected chi connectivity index (χ1v) is 9.18. The molecule has 1 heterocycles. The Labute approximate surface area is 154 Å². The van der Waals surface area contributed by atoms with Gasteiger partial charge < -0.3 is 15.0 Å². The fraction of sp³-hybridized carbons (Fsp3) is 0.429. The molecule has 0 amide bonds. The Morgan fingerprint density at radius 1 is 1.27 bits per heavy atom. The zero-order valence-electron chi connectivity index (χ0n) is 15.9. The van der Waals surface area contributed by atoms with E-state index in [4.69, 9.17) is 4.74 Å². The molecule has 0 spiro atoms. The molecule has 5 heteroatoms. The number of ether oxygens (including phenoxy) is 1. The summed E-state index contributed by atoms with van der Waals surface area (Å²) >= 11 is 0. The number of quaternary nitrogens is 1. The summed E-state index contributed by atoms with van der Waals surface area (Å²) in [5.41, 5.74) is 5.05. The van der Waals surface area contributed by atoms with Crippen molar-refractivity contribution in [1.82, 2.24) is 4.98 Å². The maximum atomic E-state index is 13.0. The Bertz CT molecular complexity index is 838. The average Bonchev–Trinajstić information content (AvgIpc) is 2.95. The van der Waals surface area contributed by atoms with Gasteiger partial charge in [0.05, 0.1) is 18.4 Å². The second-order valence-corrected chi connectivity index (χ2v) is 7.16. The first-order valence-electron chi connectivity index (χ1n) is 9.18. The number of aromatic amines is 1. The van der Waals surface area contributed by atoms with Crippen molar-refractivity contribution >= 4 is 11.8 Å². The quantitative estimate of drug-likeness (QED) is 0.639. The minimum Gasteiger partial charge on any atom is -0.465 e. The molecule has 0 fully saturated rings. The molecule has 1 aliphatic rings. The number of fused-ring (bicyclic) bond motifs is 1. The van der Waals surface area contributed by atoms with Crippen LogP contribution in [0.5, 0.6) is 0 Å². The van der Waals surface area contributed by atoms with Gasteiger partial charge in [0.2, 0.25) is 5.78 Å². The fourth-order valence-electron chi connectivity index (χ4n) is 4.06. The topological polar surface area (TPSA) is 75.8 Å². The van der Waals surface area contributed by atoms with Gasteiger partial charge in [-0.15, -0.1) is 0 Å². The second-order valence-electron chi connectivity index (χ2n) is 7.16. The van der Waals surface area contributed by atoms with Crippen LogP contribution in [0.1, 0.15) is 69.0 Å². The third-order valence-corrected chi connectivity index (χ3v) is 5.42. The molecule has 1 aromatic heterocycles. The maximum Gasteiger partial charge on any atom is 0.339 e. The number of nitrogens with two attached hydrogens (primary N) is 1. The largest absolute Gasteiger partial charge is 0.465 e. The van der Waals surface area contributed by atoms with Crippen molar-refractivity contribution in [1.29, 1.82) is 0 Å². The zero-order valence-corrected chi connectivity index (χ0v) is 15.9. The number of Topliss-reactive ketones (excluding diaryl/α,β-unsaturated/α-hetero) is 1. The van der Waals surface area contributed by atoms with Crippen LogP contribution in [0.2, 0.25) is 0 Å². The summed E-state index contributed by atoms with van der Waals surface area (Å²) in [7, 11) is 1.35. The number of hydrogen-bond donors (Lipinski definition) is 2. The van der Waals surface area contributed by atoms with Gasteiger partial charge in [-0.1, -0.05) is 24.3 Å². The summed E-state index contributed by atoms with van der Waals surface area (Å²) < 4.78 is 4.83. The molecule has 2 aromatic rings. The van der Waals surface area contributed by atoms with E-state index >= 15 is 0 Å². The minimum atomic E-state index is -0.409. The number of nitrogens with one attached hydrogen (secondary N) is 1. The van der Waals surface area contributed by atoms with E-state index in [0.717, 1.165) is 19.3 Å². The maximum absolute atomic E-state index is 13.0. The van der Waals surface area contributed by atoms with Crippen molar-refractivity contribution in [3.8, 4) is 0 Å². The first-order chi connectivity index (χ1) is 12.4. The molecule has 0 radical (unpaired) electrons. The van der Waals surface area contributed by atoms with Gasteiger partial charge in [-0.3, -0.25) is 4.79 Å². The van der Waals surface area contributed by atoms with Gasteiger partial charge in [-0.25, -0.2) is 4.79 Å². The Hall–Kier alpha value is -2.40. The Morgan fingerprint density at radius 2 is 2.00 bits per heavy atom. The van der Waals surface area contributed by atoms with E-state index in [1.165, 1.54) is 18.2 Å². The number of aryl methyl sites for hydroxylation is 2. The van der Waals surface area contributed by atoms with Crippen LogP contribution in [0, 0.1) is 13.8 Å². The summed E-state index contributed by atoms with van der Waals surface area (Å²) in [4.78, 5) is 28.1. The van der Waals surface area contributed by atoms with Crippen LogP contribution in [0.3, 0.4) is 0 Å². The van der Waals surface area contributed by atoms with E-state index in [1.54, 1.807) is 13.8 Å². The molecule has 0 saturated heterocycles. The number of ketones is 1. The van der Waals surface area contributed by atoms with E-state index in [9.17, 15) is 9.59 Å². The number of hydrogen-bond acceptors (Lipinski definition) is 3. The highest BCUT2D eigenvalue weighted by molar-refractivity contribution is 6.03. The molecule has 0 unspecified atom stereocenters. The lowest BCUT2D eigenvalue weighted by atomic mass is 9.87. The Morgan fingerprint density at radius 3 is 2.73 bits per heavy atom. The third kappa shape index (κ3) is 3.31. The molecule has 3 N–H and O–H groups in total. The van der Waals surface area contributed by atoms with Crippen LogP contribution >= 0.6 is 0 Å². The number of esters is 1. The van der Waals surface area contributed by atoms with Gasteiger partial charge >= 0.3 is 5.97 Å². The van der Waals surface area contributed by atoms with E-state index in [0.29, 0.717) is 28.6 Å². The summed E-state index contributed by atoms with van der Waals surface area (Å²) in [6, 6.07) is 8.58. The number of rotatable bonds is 5. The van der Waals surface area contributed by atoms with E-state index in [2.05, 4.69) is 34.6 Å². The lowest BCUT2D eigenvalue weighted by Crippen LogP contribution is -2.92. The second kappa shape index (κ2) is 7.46. The van der Waals surface area contributed by atoms with Gasteiger partial charge in [-0.05, 0) is 44.7 Å². The molecule has 5 nitrogen and oxygen atoms in total. The lowest BCUT2D eigenvalue weighted by molar-refractivity contribution is -0.713. The van der Waals surface area contributed by atoms with E-state index < -0.39 is 5.97 Å².